The predicted molar refractivity (Wildman–Crippen MR) is 149 cm³/mol. The molecule has 1 amide bonds. The minimum Gasteiger partial charge on any atom is -0.493 e. The van der Waals surface area contributed by atoms with E-state index in [1.54, 1.807) is 43.3 Å². The first-order valence-corrected chi connectivity index (χ1v) is 12.7. The second-order valence-electron chi connectivity index (χ2n) is 7.36. The molecule has 184 valence electrons. The third-order valence-corrected chi connectivity index (χ3v) is 6.32. The van der Waals surface area contributed by atoms with Gasteiger partial charge in [0.1, 0.15) is 18.2 Å². The number of anilines is 1. The fourth-order valence-electron chi connectivity index (χ4n) is 3.08. The Bertz CT molecular complexity index is 1320. The van der Waals surface area contributed by atoms with Crippen molar-refractivity contribution in [1.82, 2.24) is 0 Å². The quantitative estimate of drug-likeness (QED) is 0.124. The van der Waals surface area contributed by atoms with Gasteiger partial charge in [0.25, 0.3) is 5.91 Å². The van der Waals surface area contributed by atoms with Gasteiger partial charge in [-0.15, -0.1) is 0 Å². The van der Waals surface area contributed by atoms with Crippen LogP contribution in [0.15, 0.2) is 70.7 Å². The molecule has 0 aliphatic carbocycles. The molecule has 3 rings (SSSR count). The summed E-state index contributed by atoms with van der Waals surface area (Å²) < 4.78 is 18.1. The molecule has 0 heterocycles. The van der Waals surface area contributed by atoms with Gasteiger partial charge < -0.3 is 19.5 Å². The number of benzene rings is 3. The van der Waals surface area contributed by atoms with Crippen molar-refractivity contribution < 1.29 is 23.8 Å². The predicted octanol–water partition coefficient (Wildman–Crippen LogP) is 6.36. The number of hydrogen-bond acceptors (Lipinski definition) is 6. The van der Waals surface area contributed by atoms with E-state index in [9.17, 15) is 14.9 Å². The van der Waals surface area contributed by atoms with Gasteiger partial charge in [-0.25, -0.2) is 4.79 Å². The Morgan fingerprint density at radius 2 is 1.78 bits per heavy atom. The van der Waals surface area contributed by atoms with E-state index >= 15 is 0 Å². The Morgan fingerprint density at radius 3 is 2.39 bits per heavy atom. The van der Waals surface area contributed by atoms with Crippen molar-refractivity contribution in [3.05, 3.63) is 91.0 Å². The lowest BCUT2D eigenvalue weighted by molar-refractivity contribution is -0.112. The van der Waals surface area contributed by atoms with E-state index in [-0.39, 0.29) is 12.2 Å². The Balaban J connectivity index is 1.76. The minimum atomic E-state index is -0.591. The maximum absolute atomic E-state index is 12.7. The van der Waals surface area contributed by atoms with Gasteiger partial charge >= 0.3 is 5.97 Å². The minimum absolute atomic E-state index is 0.111. The lowest BCUT2D eigenvalue weighted by atomic mass is 10.1. The van der Waals surface area contributed by atoms with Crippen LogP contribution >= 0.6 is 38.5 Å². The van der Waals surface area contributed by atoms with Crippen LogP contribution in [0.25, 0.3) is 6.08 Å². The van der Waals surface area contributed by atoms with Crippen LogP contribution in [0, 0.1) is 14.9 Å². The Morgan fingerprint density at radius 1 is 1.08 bits per heavy atom. The van der Waals surface area contributed by atoms with E-state index in [2.05, 4.69) is 43.8 Å². The molecule has 0 aromatic heterocycles. The Hall–Kier alpha value is -3.36. The molecular formula is C27H22BrIN2O5. The topological polar surface area (TPSA) is 97.7 Å². The molecule has 0 saturated heterocycles. The number of nitrogens with one attached hydrogen (secondary N) is 1. The van der Waals surface area contributed by atoms with Gasteiger partial charge in [0.15, 0.2) is 11.5 Å². The SMILES string of the molecule is CCOC(=O)c1ccc(NC(=O)/C(C#N)=C/c2cc(OC)c(OCc3ccc(I)cc3)cc2Br)cc1. The van der Waals surface area contributed by atoms with Crippen LogP contribution in [0.1, 0.15) is 28.4 Å². The molecule has 3 aromatic carbocycles. The van der Waals surface area contributed by atoms with Crippen LogP contribution in [0.3, 0.4) is 0 Å². The second-order valence-corrected chi connectivity index (χ2v) is 9.46. The van der Waals surface area contributed by atoms with Crippen LogP contribution in [0.2, 0.25) is 0 Å². The van der Waals surface area contributed by atoms with Gasteiger partial charge in [-0.1, -0.05) is 28.1 Å². The number of carbonyl (C=O) groups excluding carboxylic acids is 2. The molecule has 0 aliphatic rings. The third-order valence-electron chi connectivity index (χ3n) is 4.91. The zero-order valence-corrected chi connectivity index (χ0v) is 23.3. The highest BCUT2D eigenvalue weighted by Crippen LogP contribution is 2.35. The van der Waals surface area contributed by atoms with Gasteiger partial charge in [-0.05, 0) is 95.2 Å². The zero-order chi connectivity index (χ0) is 26.1. The van der Waals surface area contributed by atoms with Crippen LogP contribution in [0.5, 0.6) is 11.5 Å². The molecule has 36 heavy (non-hydrogen) atoms. The molecular weight excluding hydrogens is 639 g/mol. The Labute approximate surface area is 231 Å². The fraction of sp³-hybridized carbons (Fsp3) is 0.148. The van der Waals surface area contributed by atoms with E-state index < -0.39 is 11.9 Å². The molecule has 0 fully saturated rings. The molecule has 0 atom stereocenters. The van der Waals surface area contributed by atoms with Crippen molar-refractivity contribution in [2.24, 2.45) is 0 Å². The summed E-state index contributed by atoms with van der Waals surface area (Å²) in [6.07, 6.45) is 1.46. The zero-order valence-electron chi connectivity index (χ0n) is 19.5. The smallest absolute Gasteiger partial charge is 0.338 e. The number of rotatable bonds is 9. The number of nitriles is 1. The average Bonchev–Trinajstić information content (AvgIpc) is 2.88. The summed E-state index contributed by atoms with van der Waals surface area (Å²) in [6.45, 7) is 2.35. The van der Waals surface area contributed by atoms with Gasteiger partial charge in [0, 0.05) is 13.7 Å². The standard InChI is InChI=1S/C27H22BrIN2O5/c1-3-35-27(33)18-6-10-22(11-7-18)31-26(32)20(15-30)12-19-13-24(34-2)25(14-23(19)28)36-16-17-4-8-21(29)9-5-17/h4-14H,3,16H2,1-2H3,(H,31,32)/b20-12+. The summed E-state index contributed by atoms with van der Waals surface area (Å²) in [5, 5.41) is 12.3. The number of methoxy groups -OCH3 is 1. The number of ether oxygens (including phenoxy) is 3. The average molecular weight is 661 g/mol. The van der Waals surface area contributed by atoms with E-state index in [0.717, 1.165) is 9.13 Å². The maximum atomic E-state index is 12.7. The lowest BCUT2D eigenvalue weighted by Gasteiger charge is -2.13. The molecule has 9 heteroatoms. The molecule has 0 saturated carbocycles. The molecule has 3 aromatic rings. The van der Waals surface area contributed by atoms with Crippen molar-refractivity contribution >= 4 is 62.2 Å². The summed E-state index contributed by atoms with van der Waals surface area (Å²) in [7, 11) is 1.52. The van der Waals surface area contributed by atoms with Gasteiger partial charge in [0.05, 0.1) is 19.3 Å². The van der Waals surface area contributed by atoms with Gasteiger partial charge in [-0.3, -0.25) is 4.79 Å². The van der Waals surface area contributed by atoms with E-state index in [1.165, 1.54) is 13.2 Å². The van der Waals surface area contributed by atoms with Crippen LogP contribution in [-0.2, 0) is 16.1 Å². The molecule has 1 N–H and O–H groups in total. The second kappa shape index (κ2) is 13.1. The molecule has 0 bridgehead atoms. The van der Waals surface area contributed by atoms with Gasteiger partial charge in [-0.2, -0.15) is 5.26 Å². The first kappa shape index (κ1) is 27.2. The molecule has 0 radical (unpaired) electrons. The number of carbonyl (C=O) groups is 2. The number of amides is 1. The van der Waals surface area contributed by atoms with Crippen LogP contribution in [0.4, 0.5) is 5.69 Å². The number of halogens is 2. The highest BCUT2D eigenvalue weighted by molar-refractivity contribution is 14.1. The van der Waals surface area contributed by atoms with Crippen LogP contribution in [-0.4, -0.2) is 25.6 Å². The maximum Gasteiger partial charge on any atom is 0.338 e. The molecule has 0 unspecified atom stereocenters. The lowest BCUT2D eigenvalue weighted by Crippen LogP contribution is -2.13. The van der Waals surface area contributed by atoms with Crippen molar-refractivity contribution in [2.45, 2.75) is 13.5 Å². The summed E-state index contributed by atoms with van der Waals surface area (Å²) in [5.41, 5.74) is 2.27. The van der Waals surface area contributed by atoms with Crippen molar-refractivity contribution in [3.8, 4) is 17.6 Å². The summed E-state index contributed by atoms with van der Waals surface area (Å²) in [6, 6.07) is 19.6. The highest BCUT2D eigenvalue weighted by atomic mass is 127. The van der Waals surface area contributed by atoms with Crippen molar-refractivity contribution in [1.29, 1.82) is 5.26 Å². The fourth-order valence-corrected chi connectivity index (χ4v) is 3.88. The van der Waals surface area contributed by atoms with Crippen LogP contribution < -0.4 is 14.8 Å². The normalized spacial score (nSPS) is 10.8. The Kier molecular flexibility index (Phi) is 9.90. The summed E-state index contributed by atoms with van der Waals surface area (Å²) in [4.78, 5) is 24.5. The first-order chi connectivity index (χ1) is 17.3. The van der Waals surface area contributed by atoms with Crippen molar-refractivity contribution in [2.75, 3.05) is 19.0 Å². The third kappa shape index (κ3) is 7.32. The summed E-state index contributed by atoms with van der Waals surface area (Å²) in [5.74, 6) is -0.0593. The number of nitrogens with zero attached hydrogens (tertiary/aromatic N) is 1. The molecule has 0 spiro atoms. The van der Waals surface area contributed by atoms with E-state index in [4.69, 9.17) is 14.2 Å². The monoisotopic (exact) mass is 660 g/mol. The highest BCUT2D eigenvalue weighted by Gasteiger charge is 2.15. The van der Waals surface area contributed by atoms with Crippen molar-refractivity contribution in [3.63, 3.8) is 0 Å². The molecule has 7 nitrogen and oxygen atoms in total. The number of hydrogen-bond donors (Lipinski definition) is 1. The van der Waals surface area contributed by atoms with Gasteiger partial charge in [0.2, 0.25) is 0 Å². The summed E-state index contributed by atoms with van der Waals surface area (Å²) >= 11 is 5.73. The first-order valence-electron chi connectivity index (χ1n) is 10.8. The molecule has 0 aliphatic heterocycles. The van der Waals surface area contributed by atoms with E-state index in [1.807, 2.05) is 30.3 Å². The largest absolute Gasteiger partial charge is 0.493 e. The van der Waals surface area contributed by atoms with E-state index in [0.29, 0.717) is 39.4 Å². The number of esters is 1.